The van der Waals surface area contributed by atoms with E-state index in [1.54, 1.807) is 30.5 Å². The van der Waals surface area contributed by atoms with Gasteiger partial charge in [0.1, 0.15) is 24.1 Å². The van der Waals surface area contributed by atoms with Gasteiger partial charge in [-0.3, -0.25) is 9.59 Å². The lowest BCUT2D eigenvalue weighted by Gasteiger charge is -2.33. The van der Waals surface area contributed by atoms with Crippen molar-refractivity contribution in [2.45, 2.75) is 72.6 Å². The highest BCUT2D eigenvalue weighted by atomic mass is 16.3. The number of amides is 2. The molecule has 0 spiro atoms. The van der Waals surface area contributed by atoms with Gasteiger partial charge in [0.2, 0.25) is 17.6 Å². The van der Waals surface area contributed by atoms with Crippen LogP contribution in [0.2, 0.25) is 0 Å². The molecule has 0 aliphatic rings. The molecule has 3 aromatic rings. The molecule has 10 heteroatoms. The SMILES string of the molecule is Cc1ccc(-c2nnn(CC(=O)N(Cc3ccco3)C(CC(C)C)C(=O)NC(C)(C)C)n2)o1. The molecule has 0 bridgehead atoms. The summed E-state index contributed by atoms with van der Waals surface area (Å²) in [5.41, 5.74) is -0.435. The second-order valence-corrected chi connectivity index (χ2v) is 9.54. The van der Waals surface area contributed by atoms with Crippen molar-refractivity contribution in [3.63, 3.8) is 0 Å². The average Bonchev–Trinajstić information content (AvgIpc) is 3.45. The highest BCUT2D eigenvalue weighted by Crippen LogP contribution is 2.19. The Bertz CT molecular complexity index is 1060. The number of tetrazole rings is 1. The third kappa shape index (κ3) is 6.77. The maximum atomic E-state index is 13.4. The van der Waals surface area contributed by atoms with E-state index < -0.39 is 11.6 Å². The Balaban J connectivity index is 1.85. The van der Waals surface area contributed by atoms with Crippen LogP contribution in [-0.4, -0.2) is 48.5 Å². The number of nitrogens with zero attached hydrogens (tertiary/aromatic N) is 5. The molecular formula is C23H32N6O4. The lowest BCUT2D eigenvalue weighted by atomic mass is 9.99. The van der Waals surface area contributed by atoms with E-state index in [0.29, 0.717) is 17.9 Å². The minimum Gasteiger partial charge on any atom is -0.467 e. The van der Waals surface area contributed by atoms with Gasteiger partial charge in [-0.25, -0.2) is 0 Å². The molecule has 178 valence electrons. The molecule has 0 radical (unpaired) electrons. The van der Waals surface area contributed by atoms with Crippen LogP contribution < -0.4 is 5.32 Å². The third-order valence-electron chi connectivity index (χ3n) is 4.79. The van der Waals surface area contributed by atoms with Crippen molar-refractivity contribution in [3.05, 3.63) is 42.0 Å². The number of carbonyl (C=O) groups is 2. The van der Waals surface area contributed by atoms with Gasteiger partial charge in [-0.1, -0.05) is 13.8 Å². The van der Waals surface area contributed by atoms with E-state index in [1.165, 1.54) is 9.70 Å². The molecule has 0 aliphatic carbocycles. The molecule has 0 aromatic carbocycles. The molecule has 3 heterocycles. The topological polar surface area (TPSA) is 119 Å². The molecule has 0 saturated heterocycles. The van der Waals surface area contributed by atoms with Crippen LogP contribution in [0.5, 0.6) is 0 Å². The van der Waals surface area contributed by atoms with E-state index in [1.807, 2.05) is 41.5 Å². The summed E-state index contributed by atoms with van der Waals surface area (Å²) in [6.07, 6.45) is 2.04. The van der Waals surface area contributed by atoms with Gasteiger partial charge in [0.25, 0.3) is 0 Å². The van der Waals surface area contributed by atoms with Gasteiger partial charge < -0.3 is 19.1 Å². The molecule has 0 saturated carbocycles. The maximum absolute atomic E-state index is 13.4. The van der Waals surface area contributed by atoms with E-state index in [0.717, 1.165) is 5.76 Å². The molecule has 2 amide bonds. The van der Waals surface area contributed by atoms with Gasteiger partial charge in [0.05, 0.1) is 12.8 Å². The second-order valence-electron chi connectivity index (χ2n) is 9.54. The number of rotatable bonds is 9. The van der Waals surface area contributed by atoms with E-state index in [-0.39, 0.29) is 36.6 Å². The van der Waals surface area contributed by atoms with Crippen molar-refractivity contribution >= 4 is 11.8 Å². The number of carbonyl (C=O) groups excluding carboxylic acids is 2. The Morgan fingerprint density at radius 1 is 1.21 bits per heavy atom. The Morgan fingerprint density at radius 2 is 1.97 bits per heavy atom. The fraction of sp³-hybridized carbons (Fsp3) is 0.522. The van der Waals surface area contributed by atoms with Gasteiger partial charge >= 0.3 is 0 Å². The summed E-state index contributed by atoms with van der Waals surface area (Å²) in [7, 11) is 0. The molecule has 0 fully saturated rings. The van der Waals surface area contributed by atoms with Crippen LogP contribution >= 0.6 is 0 Å². The number of hydrogen-bond donors (Lipinski definition) is 1. The Morgan fingerprint density at radius 3 is 2.55 bits per heavy atom. The Labute approximate surface area is 193 Å². The summed E-state index contributed by atoms with van der Waals surface area (Å²) < 4.78 is 11.0. The number of aryl methyl sites for hydroxylation is 1. The lowest BCUT2D eigenvalue weighted by Crippen LogP contribution is -2.54. The zero-order chi connectivity index (χ0) is 24.2. The van der Waals surface area contributed by atoms with Crippen LogP contribution in [0.1, 0.15) is 52.6 Å². The highest BCUT2D eigenvalue weighted by Gasteiger charge is 2.33. The zero-order valence-corrected chi connectivity index (χ0v) is 20.0. The van der Waals surface area contributed by atoms with Crippen molar-refractivity contribution < 1.29 is 18.4 Å². The second kappa shape index (κ2) is 10.0. The number of nitrogens with one attached hydrogen (secondary N) is 1. The standard InChI is InChI=1S/C23H32N6O4/c1-15(2)12-18(22(31)24-23(4,5)6)28(13-17-8-7-11-32-17)20(30)14-29-26-21(25-27-29)19-10-9-16(3)33-19/h7-11,15,18H,12-14H2,1-6H3,(H,24,31). The smallest absolute Gasteiger partial charge is 0.247 e. The minimum absolute atomic E-state index is 0.152. The molecular weight excluding hydrogens is 424 g/mol. The largest absolute Gasteiger partial charge is 0.467 e. The first-order chi connectivity index (χ1) is 15.5. The van der Waals surface area contributed by atoms with Crippen LogP contribution in [0.4, 0.5) is 0 Å². The van der Waals surface area contributed by atoms with Gasteiger partial charge in [0.15, 0.2) is 5.76 Å². The summed E-state index contributed by atoms with van der Waals surface area (Å²) in [6, 6.07) is 6.40. The van der Waals surface area contributed by atoms with Crippen LogP contribution in [-0.2, 0) is 22.7 Å². The third-order valence-corrected chi connectivity index (χ3v) is 4.79. The molecule has 0 aliphatic heterocycles. The number of furan rings is 2. The number of aromatic nitrogens is 4. The van der Waals surface area contributed by atoms with E-state index in [2.05, 4.69) is 20.7 Å². The van der Waals surface area contributed by atoms with Gasteiger partial charge in [0, 0.05) is 5.54 Å². The molecule has 3 rings (SSSR count). The minimum atomic E-state index is -0.683. The van der Waals surface area contributed by atoms with Crippen LogP contribution in [0.3, 0.4) is 0 Å². The fourth-order valence-electron chi connectivity index (χ4n) is 3.39. The quantitative estimate of drug-likeness (QED) is 0.525. The van der Waals surface area contributed by atoms with Gasteiger partial charge in [-0.2, -0.15) is 4.80 Å². The van der Waals surface area contributed by atoms with Crippen LogP contribution in [0, 0.1) is 12.8 Å². The van der Waals surface area contributed by atoms with Crippen LogP contribution in [0.25, 0.3) is 11.6 Å². The molecule has 33 heavy (non-hydrogen) atoms. The van der Waals surface area contributed by atoms with Crippen molar-refractivity contribution in [1.29, 1.82) is 0 Å². The molecule has 1 unspecified atom stereocenters. The van der Waals surface area contributed by atoms with Crippen molar-refractivity contribution in [2.24, 2.45) is 5.92 Å². The van der Waals surface area contributed by atoms with E-state index in [4.69, 9.17) is 8.83 Å². The molecule has 1 N–H and O–H groups in total. The number of hydrogen-bond acceptors (Lipinski definition) is 7. The summed E-state index contributed by atoms with van der Waals surface area (Å²) in [5, 5.41) is 15.2. The van der Waals surface area contributed by atoms with Crippen molar-refractivity contribution in [1.82, 2.24) is 30.4 Å². The Kier molecular flexibility index (Phi) is 7.35. The zero-order valence-electron chi connectivity index (χ0n) is 20.0. The molecule has 3 aromatic heterocycles. The average molecular weight is 457 g/mol. The van der Waals surface area contributed by atoms with Crippen molar-refractivity contribution in [2.75, 3.05) is 0 Å². The first-order valence-electron chi connectivity index (χ1n) is 11.0. The lowest BCUT2D eigenvalue weighted by molar-refractivity contribution is -0.143. The predicted octanol–water partition coefficient (Wildman–Crippen LogP) is 3.19. The first-order valence-corrected chi connectivity index (χ1v) is 11.0. The van der Waals surface area contributed by atoms with Crippen LogP contribution in [0.15, 0.2) is 39.4 Å². The normalized spacial score (nSPS) is 12.7. The summed E-state index contributed by atoms with van der Waals surface area (Å²) >= 11 is 0. The molecule has 1 atom stereocenters. The monoisotopic (exact) mass is 456 g/mol. The van der Waals surface area contributed by atoms with Gasteiger partial charge in [-0.05, 0) is 69.5 Å². The molecule has 10 nitrogen and oxygen atoms in total. The maximum Gasteiger partial charge on any atom is 0.247 e. The predicted molar refractivity (Wildman–Crippen MR) is 121 cm³/mol. The van der Waals surface area contributed by atoms with Crippen molar-refractivity contribution in [3.8, 4) is 11.6 Å². The summed E-state index contributed by atoms with van der Waals surface area (Å²) in [5.74, 6) is 1.72. The van der Waals surface area contributed by atoms with Gasteiger partial charge in [-0.15, -0.1) is 10.2 Å². The summed E-state index contributed by atoms with van der Waals surface area (Å²) in [6.45, 7) is 11.6. The van der Waals surface area contributed by atoms with E-state index >= 15 is 0 Å². The van der Waals surface area contributed by atoms with E-state index in [9.17, 15) is 9.59 Å². The Hall–Kier alpha value is -3.43. The first kappa shape index (κ1) is 24.2. The fourth-order valence-corrected chi connectivity index (χ4v) is 3.39. The summed E-state index contributed by atoms with van der Waals surface area (Å²) in [4.78, 5) is 29.4. The highest BCUT2D eigenvalue weighted by molar-refractivity contribution is 5.88.